The summed E-state index contributed by atoms with van der Waals surface area (Å²) in [5, 5.41) is 9.05. The average Bonchev–Trinajstić information content (AvgIpc) is 2.27. The second kappa shape index (κ2) is 5.14. The Morgan fingerprint density at radius 2 is 1.78 bits per heavy atom. The summed E-state index contributed by atoms with van der Waals surface area (Å²) in [5.74, 6) is 0.726. The molecule has 0 aliphatic carbocycles. The summed E-state index contributed by atoms with van der Waals surface area (Å²) in [4.78, 5) is 8.28. The first kappa shape index (κ1) is 12.5. The highest BCUT2D eigenvalue weighted by molar-refractivity contribution is 5.34. The Balaban J connectivity index is 2.25. The molecule has 2 aromatic rings. The smallest absolute Gasteiger partial charge is 0.322 e. The van der Waals surface area contributed by atoms with Gasteiger partial charge in [0.1, 0.15) is 5.75 Å². The van der Waals surface area contributed by atoms with Crippen molar-refractivity contribution in [2.75, 3.05) is 0 Å². The molecule has 0 aliphatic heterocycles. The minimum absolute atomic E-state index is 0.0599. The summed E-state index contributed by atoms with van der Waals surface area (Å²) in [6, 6.07) is 6.25. The zero-order valence-electron chi connectivity index (χ0n) is 10.8. The van der Waals surface area contributed by atoms with Gasteiger partial charge in [-0.1, -0.05) is 6.07 Å². The van der Waals surface area contributed by atoms with E-state index < -0.39 is 0 Å². The molecule has 4 nitrogen and oxygen atoms in total. The standard InChI is InChI=1S/C14H16N2O2/c1-9-4-10(2)6-13(5-9)18-14-15-7-12(8-17)11(3)16-14/h4-7,17H,8H2,1-3H3. The van der Waals surface area contributed by atoms with Gasteiger partial charge in [-0.3, -0.25) is 0 Å². The molecule has 18 heavy (non-hydrogen) atoms. The van der Waals surface area contributed by atoms with Gasteiger partial charge in [-0.2, -0.15) is 4.98 Å². The Bertz CT molecular complexity index is 547. The zero-order chi connectivity index (χ0) is 13.1. The highest BCUT2D eigenvalue weighted by atomic mass is 16.5. The fourth-order valence-corrected chi connectivity index (χ4v) is 1.77. The van der Waals surface area contributed by atoms with Gasteiger partial charge in [-0.25, -0.2) is 4.98 Å². The molecule has 1 aromatic heterocycles. The van der Waals surface area contributed by atoms with Gasteiger partial charge in [0.25, 0.3) is 0 Å². The molecule has 0 saturated heterocycles. The predicted molar refractivity (Wildman–Crippen MR) is 68.7 cm³/mol. The highest BCUT2D eigenvalue weighted by Crippen LogP contribution is 2.21. The number of hydrogen-bond donors (Lipinski definition) is 1. The quantitative estimate of drug-likeness (QED) is 0.901. The number of benzene rings is 1. The van der Waals surface area contributed by atoms with E-state index in [4.69, 9.17) is 9.84 Å². The molecule has 1 aromatic carbocycles. The summed E-state index contributed by atoms with van der Waals surface area (Å²) in [5.41, 5.74) is 3.71. The number of aryl methyl sites for hydroxylation is 3. The van der Waals surface area contributed by atoms with Crippen LogP contribution in [-0.4, -0.2) is 15.1 Å². The van der Waals surface area contributed by atoms with Crippen LogP contribution in [0.5, 0.6) is 11.8 Å². The minimum Gasteiger partial charge on any atom is -0.424 e. The molecule has 94 valence electrons. The zero-order valence-corrected chi connectivity index (χ0v) is 10.8. The Hall–Kier alpha value is -1.94. The Kier molecular flexibility index (Phi) is 3.58. The van der Waals surface area contributed by atoms with Gasteiger partial charge >= 0.3 is 6.01 Å². The largest absolute Gasteiger partial charge is 0.424 e. The fraction of sp³-hybridized carbons (Fsp3) is 0.286. The molecule has 0 amide bonds. The van der Waals surface area contributed by atoms with Crippen molar-refractivity contribution < 1.29 is 9.84 Å². The van der Waals surface area contributed by atoms with E-state index in [1.807, 2.05) is 32.9 Å². The second-order valence-electron chi connectivity index (χ2n) is 4.35. The number of ether oxygens (including phenoxy) is 1. The van der Waals surface area contributed by atoms with E-state index in [-0.39, 0.29) is 6.61 Å². The van der Waals surface area contributed by atoms with E-state index in [1.54, 1.807) is 6.20 Å². The lowest BCUT2D eigenvalue weighted by molar-refractivity contribution is 0.279. The van der Waals surface area contributed by atoms with E-state index in [2.05, 4.69) is 16.0 Å². The van der Waals surface area contributed by atoms with Gasteiger partial charge in [-0.05, 0) is 44.0 Å². The van der Waals surface area contributed by atoms with Crippen LogP contribution in [0.25, 0.3) is 0 Å². The van der Waals surface area contributed by atoms with Crippen LogP contribution < -0.4 is 4.74 Å². The van der Waals surface area contributed by atoms with Gasteiger partial charge in [-0.15, -0.1) is 0 Å². The first-order valence-electron chi connectivity index (χ1n) is 5.78. The SMILES string of the molecule is Cc1cc(C)cc(Oc2ncc(CO)c(C)n2)c1. The lowest BCUT2D eigenvalue weighted by Gasteiger charge is -2.07. The van der Waals surface area contributed by atoms with Gasteiger partial charge in [0.15, 0.2) is 0 Å². The van der Waals surface area contributed by atoms with Crippen molar-refractivity contribution in [3.8, 4) is 11.8 Å². The van der Waals surface area contributed by atoms with Crippen LogP contribution in [0.4, 0.5) is 0 Å². The number of hydrogen-bond acceptors (Lipinski definition) is 4. The monoisotopic (exact) mass is 244 g/mol. The first-order chi connectivity index (χ1) is 8.58. The van der Waals surface area contributed by atoms with Gasteiger partial charge in [0.2, 0.25) is 0 Å². The molecule has 4 heteroatoms. The molecule has 0 fully saturated rings. The van der Waals surface area contributed by atoms with Crippen molar-refractivity contribution in [2.45, 2.75) is 27.4 Å². The van der Waals surface area contributed by atoms with Gasteiger partial charge in [0, 0.05) is 11.8 Å². The summed E-state index contributed by atoms with van der Waals surface area (Å²) in [6.45, 7) is 5.79. The van der Waals surface area contributed by atoms with Crippen molar-refractivity contribution in [1.82, 2.24) is 9.97 Å². The van der Waals surface area contributed by atoms with Crippen molar-refractivity contribution in [1.29, 1.82) is 0 Å². The molecule has 0 spiro atoms. The van der Waals surface area contributed by atoms with Crippen LogP contribution >= 0.6 is 0 Å². The molecule has 0 saturated carbocycles. The predicted octanol–water partition coefficient (Wildman–Crippen LogP) is 2.69. The fourth-order valence-electron chi connectivity index (χ4n) is 1.77. The molecule has 0 radical (unpaired) electrons. The third-order valence-electron chi connectivity index (χ3n) is 2.63. The number of rotatable bonds is 3. The molecule has 0 atom stereocenters. The number of aliphatic hydroxyl groups is 1. The van der Waals surface area contributed by atoms with E-state index in [1.165, 1.54) is 0 Å². The molecular weight excluding hydrogens is 228 g/mol. The van der Waals surface area contributed by atoms with Crippen molar-refractivity contribution in [3.05, 3.63) is 46.8 Å². The van der Waals surface area contributed by atoms with Crippen LogP contribution in [0.2, 0.25) is 0 Å². The molecule has 0 bridgehead atoms. The summed E-state index contributed by atoms with van der Waals surface area (Å²) in [7, 11) is 0. The Morgan fingerprint density at radius 1 is 1.11 bits per heavy atom. The summed E-state index contributed by atoms with van der Waals surface area (Å²) >= 11 is 0. The number of aliphatic hydroxyl groups excluding tert-OH is 1. The van der Waals surface area contributed by atoms with E-state index in [9.17, 15) is 0 Å². The van der Waals surface area contributed by atoms with Crippen molar-refractivity contribution in [2.24, 2.45) is 0 Å². The van der Waals surface area contributed by atoms with E-state index >= 15 is 0 Å². The molecule has 2 rings (SSSR count). The van der Waals surface area contributed by atoms with E-state index in [0.29, 0.717) is 11.6 Å². The molecule has 1 heterocycles. The molecule has 0 unspecified atom stereocenters. The topological polar surface area (TPSA) is 55.2 Å². The van der Waals surface area contributed by atoms with Gasteiger partial charge < -0.3 is 9.84 Å². The molecule has 1 N–H and O–H groups in total. The first-order valence-corrected chi connectivity index (χ1v) is 5.78. The maximum Gasteiger partial charge on any atom is 0.322 e. The number of aromatic nitrogens is 2. The lowest BCUT2D eigenvalue weighted by atomic mass is 10.1. The van der Waals surface area contributed by atoms with Crippen LogP contribution in [0.3, 0.4) is 0 Å². The van der Waals surface area contributed by atoms with Crippen LogP contribution in [0, 0.1) is 20.8 Å². The number of nitrogens with zero attached hydrogens (tertiary/aromatic N) is 2. The van der Waals surface area contributed by atoms with Gasteiger partial charge in [0.05, 0.1) is 12.3 Å². The van der Waals surface area contributed by atoms with Crippen LogP contribution in [0.1, 0.15) is 22.4 Å². The van der Waals surface area contributed by atoms with E-state index in [0.717, 1.165) is 22.6 Å². The normalized spacial score (nSPS) is 10.4. The maximum atomic E-state index is 9.05. The maximum absolute atomic E-state index is 9.05. The Morgan fingerprint density at radius 3 is 2.33 bits per heavy atom. The summed E-state index contributed by atoms with van der Waals surface area (Å²) in [6.07, 6.45) is 1.58. The van der Waals surface area contributed by atoms with Crippen LogP contribution in [-0.2, 0) is 6.61 Å². The minimum atomic E-state index is -0.0599. The third-order valence-corrected chi connectivity index (χ3v) is 2.63. The van der Waals surface area contributed by atoms with Crippen molar-refractivity contribution in [3.63, 3.8) is 0 Å². The molecule has 0 aliphatic rings. The average molecular weight is 244 g/mol. The third kappa shape index (κ3) is 2.84. The summed E-state index contributed by atoms with van der Waals surface area (Å²) < 4.78 is 5.62. The van der Waals surface area contributed by atoms with Crippen molar-refractivity contribution >= 4 is 0 Å². The molecular formula is C14H16N2O2. The van der Waals surface area contributed by atoms with Crippen LogP contribution in [0.15, 0.2) is 24.4 Å². The second-order valence-corrected chi connectivity index (χ2v) is 4.35. The Labute approximate surface area is 106 Å². The highest BCUT2D eigenvalue weighted by Gasteiger charge is 2.05. The lowest BCUT2D eigenvalue weighted by Crippen LogP contribution is -1.98.